The number of aryl methyl sites for hydroxylation is 2. The van der Waals surface area contributed by atoms with Gasteiger partial charge in [-0.3, -0.25) is 0 Å². The average molecular weight is 541 g/mol. The molecule has 0 amide bonds. The molecule has 0 spiro atoms. The number of piperidine rings is 1. The van der Waals surface area contributed by atoms with Gasteiger partial charge in [0.15, 0.2) is 0 Å². The summed E-state index contributed by atoms with van der Waals surface area (Å²) in [7, 11) is 0. The van der Waals surface area contributed by atoms with Crippen LogP contribution < -0.4 is 4.90 Å². The summed E-state index contributed by atoms with van der Waals surface area (Å²) in [5, 5.41) is 9.74. The molecule has 2 aromatic rings. The van der Waals surface area contributed by atoms with Crippen molar-refractivity contribution in [3.8, 4) is 0 Å². The summed E-state index contributed by atoms with van der Waals surface area (Å²) in [6, 6.07) is 0. The van der Waals surface area contributed by atoms with Gasteiger partial charge in [0.05, 0.1) is 15.2 Å². The van der Waals surface area contributed by atoms with Crippen LogP contribution in [0.2, 0.25) is 0 Å². The Morgan fingerprint density at radius 3 is 2.59 bits per heavy atom. The van der Waals surface area contributed by atoms with Crippen molar-refractivity contribution in [2.45, 2.75) is 38.3 Å². The molecular weight excluding hydrogens is 525 g/mol. The van der Waals surface area contributed by atoms with Crippen LogP contribution in [0.15, 0.2) is 8.95 Å². The molecule has 1 aromatic carbocycles. The van der Waals surface area contributed by atoms with Gasteiger partial charge >= 0.3 is 0 Å². The molecule has 2 aliphatic rings. The standard InChI is InChI=1S/C15H16Br2IN3O/c16-10-9-2-1-5-21-14(9)13(12(18)11(10)17)19-15(21)20-6-3-8(22)4-7-20/h8,22H,1-7H2. The molecule has 1 saturated heterocycles. The van der Waals surface area contributed by atoms with E-state index in [1.807, 2.05) is 0 Å². The quantitative estimate of drug-likeness (QED) is 0.438. The Morgan fingerprint density at radius 2 is 1.86 bits per heavy atom. The van der Waals surface area contributed by atoms with Crippen molar-refractivity contribution >= 4 is 71.4 Å². The van der Waals surface area contributed by atoms with Crippen LogP contribution in [0, 0.1) is 3.57 Å². The maximum atomic E-state index is 9.74. The largest absolute Gasteiger partial charge is 0.393 e. The molecule has 4 nitrogen and oxygen atoms in total. The summed E-state index contributed by atoms with van der Waals surface area (Å²) in [6.45, 7) is 2.81. The van der Waals surface area contributed by atoms with Crippen molar-refractivity contribution in [3.63, 3.8) is 0 Å². The van der Waals surface area contributed by atoms with E-state index < -0.39 is 0 Å². The first-order chi connectivity index (χ1) is 10.6. The normalized spacial score (nSPS) is 19.2. The minimum absolute atomic E-state index is 0.152. The van der Waals surface area contributed by atoms with Gasteiger partial charge in [-0.25, -0.2) is 4.98 Å². The lowest BCUT2D eigenvalue weighted by atomic mass is 10.0. The Morgan fingerprint density at radius 1 is 1.14 bits per heavy atom. The molecule has 0 unspecified atom stereocenters. The zero-order valence-electron chi connectivity index (χ0n) is 11.9. The SMILES string of the molecule is OC1CCN(c2nc3c(I)c(Br)c(Br)c4c3n2CCC4)CC1. The van der Waals surface area contributed by atoms with Crippen LogP contribution in [0.1, 0.15) is 24.8 Å². The molecule has 22 heavy (non-hydrogen) atoms. The highest BCUT2D eigenvalue weighted by atomic mass is 127. The van der Waals surface area contributed by atoms with Gasteiger partial charge in [0, 0.05) is 28.6 Å². The average Bonchev–Trinajstić information content (AvgIpc) is 2.92. The van der Waals surface area contributed by atoms with E-state index >= 15 is 0 Å². The summed E-state index contributed by atoms with van der Waals surface area (Å²) in [5.74, 6) is 1.07. The number of anilines is 1. The Balaban J connectivity index is 1.91. The lowest BCUT2D eigenvalue weighted by molar-refractivity contribution is 0.145. The predicted octanol–water partition coefficient (Wildman–Crippen LogP) is 4.07. The fourth-order valence-electron chi connectivity index (χ4n) is 3.50. The van der Waals surface area contributed by atoms with Crippen LogP contribution in [0.5, 0.6) is 0 Å². The third-order valence-corrected chi connectivity index (χ3v) is 8.64. The Labute approximate surface area is 159 Å². The number of hydrogen-bond acceptors (Lipinski definition) is 3. The Bertz CT molecular complexity index is 753. The number of benzene rings is 1. The van der Waals surface area contributed by atoms with E-state index in [9.17, 15) is 5.11 Å². The van der Waals surface area contributed by atoms with E-state index in [-0.39, 0.29) is 6.10 Å². The van der Waals surface area contributed by atoms with E-state index in [1.54, 1.807) is 0 Å². The molecular formula is C15H16Br2IN3O. The molecule has 1 aromatic heterocycles. The fraction of sp³-hybridized carbons (Fsp3) is 0.533. The van der Waals surface area contributed by atoms with Gasteiger partial charge in [0.25, 0.3) is 0 Å². The minimum atomic E-state index is -0.152. The van der Waals surface area contributed by atoms with E-state index in [0.717, 1.165) is 61.3 Å². The van der Waals surface area contributed by atoms with Gasteiger partial charge in [0.1, 0.15) is 5.52 Å². The smallest absolute Gasteiger partial charge is 0.206 e. The number of aromatic nitrogens is 2. The van der Waals surface area contributed by atoms with Gasteiger partial charge in [-0.2, -0.15) is 0 Å². The molecule has 3 heterocycles. The van der Waals surface area contributed by atoms with E-state index in [2.05, 4.69) is 63.9 Å². The predicted molar refractivity (Wildman–Crippen MR) is 104 cm³/mol. The molecule has 0 aliphatic carbocycles. The van der Waals surface area contributed by atoms with Crippen LogP contribution in [0.4, 0.5) is 5.95 Å². The summed E-state index contributed by atoms with van der Waals surface area (Å²) in [5.41, 5.74) is 3.75. The van der Waals surface area contributed by atoms with E-state index in [4.69, 9.17) is 4.98 Å². The minimum Gasteiger partial charge on any atom is -0.393 e. The monoisotopic (exact) mass is 539 g/mol. The first-order valence-electron chi connectivity index (χ1n) is 7.56. The molecule has 7 heteroatoms. The number of aliphatic hydroxyl groups excluding tert-OH is 1. The van der Waals surface area contributed by atoms with E-state index in [1.165, 1.54) is 19.1 Å². The number of imidazole rings is 1. The number of aliphatic hydroxyl groups is 1. The summed E-state index contributed by atoms with van der Waals surface area (Å²) >= 11 is 9.84. The van der Waals surface area contributed by atoms with Crippen molar-refractivity contribution in [2.24, 2.45) is 0 Å². The van der Waals surface area contributed by atoms with Gasteiger partial charge in [-0.05, 0) is 85.7 Å². The highest BCUT2D eigenvalue weighted by molar-refractivity contribution is 14.1. The molecule has 1 fully saturated rings. The van der Waals surface area contributed by atoms with Crippen molar-refractivity contribution in [2.75, 3.05) is 18.0 Å². The molecule has 0 bridgehead atoms. The maximum Gasteiger partial charge on any atom is 0.206 e. The molecule has 0 atom stereocenters. The van der Waals surface area contributed by atoms with Crippen LogP contribution in [0.3, 0.4) is 0 Å². The van der Waals surface area contributed by atoms with Crippen molar-refractivity contribution < 1.29 is 5.11 Å². The first-order valence-corrected chi connectivity index (χ1v) is 10.2. The lowest BCUT2D eigenvalue weighted by Crippen LogP contribution is -2.37. The fourth-order valence-corrected chi connectivity index (χ4v) is 5.53. The molecule has 2 aliphatic heterocycles. The molecule has 1 N–H and O–H groups in total. The summed E-state index contributed by atoms with van der Waals surface area (Å²) < 4.78 is 5.83. The maximum absolute atomic E-state index is 9.74. The van der Waals surface area contributed by atoms with Gasteiger partial charge in [0.2, 0.25) is 5.95 Å². The molecule has 118 valence electrons. The van der Waals surface area contributed by atoms with Crippen molar-refractivity contribution in [1.29, 1.82) is 0 Å². The Kier molecular flexibility index (Phi) is 4.19. The van der Waals surface area contributed by atoms with Crippen LogP contribution in [-0.2, 0) is 13.0 Å². The third-order valence-electron chi connectivity index (χ3n) is 4.65. The van der Waals surface area contributed by atoms with Crippen molar-refractivity contribution in [3.05, 3.63) is 18.1 Å². The number of nitrogens with zero attached hydrogens (tertiary/aromatic N) is 3. The molecule has 0 saturated carbocycles. The highest BCUT2D eigenvalue weighted by Crippen LogP contribution is 2.42. The Hall–Kier alpha value is 0.140. The highest BCUT2D eigenvalue weighted by Gasteiger charge is 2.28. The van der Waals surface area contributed by atoms with Crippen molar-refractivity contribution in [1.82, 2.24) is 9.55 Å². The van der Waals surface area contributed by atoms with Crippen LogP contribution in [-0.4, -0.2) is 33.9 Å². The van der Waals surface area contributed by atoms with Crippen LogP contribution >= 0.6 is 54.5 Å². The first kappa shape index (κ1) is 15.7. The second kappa shape index (κ2) is 5.89. The second-order valence-corrected chi connectivity index (χ2v) is 8.67. The topological polar surface area (TPSA) is 41.3 Å². The zero-order chi connectivity index (χ0) is 15.4. The van der Waals surface area contributed by atoms with Gasteiger partial charge in [-0.1, -0.05) is 0 Å². The van der Waals surface area contributed by atoms with E-state index in [0.29, 0.717) is 0 Å². The number of halogens is 3. The van der Waals surface area contributed by atoms with Gasteiger partial charge < -0.3 is 14.6 Å². The zero-order valence-corrected chi connectivity index (χ0v) is 17.3. The third kappa shape index (κ3) is 2.34. The van der Waals surface area contributed by atoms with Gasteiger partial charge in [-0.15, -0.1) is 0 Å². The second-order valence-electron chi connectivity index (χ2n) is 6.00. The summed E-state index contributed by atoms with van der Waals surface area (Å²) in [6.07, 6.45) is 3.76. The number of rotatable bonds is 1. The lowest BCUT2D eigenvalue weighted by Gasteiger charge is -2.31. The molecule has 4 rings (SSSR count). The summed E-state index contributed by atoms with van der Waals surface area (Å²) in [4.78, 5) is 7.32. The number of hydrogen-bond donors (Lipinski definition) is 1. The molecule has 0 radical (unpaired) electrons. The van der Waals surface area contributed by atoms with Crippen LogP contribution in [0.25, 0.3) is 11.0 Å².